The van der Waals surface area contributed by atoms with Crippen LogP contribution in [0.25, 0.3) is 22.1 Å². The van der Waals surface area contributed by atoms with E-state index in [1.54, 1.807) is 29.6 Å². The van der Waals surface area contributed by atoms with Crippen LogP contribution >= 0.6 is 11.6 Å². The number of nitrogens with zero attached hydrogens (tertiary/aromatic N) is 4. The number of carbonyl (C=O) groups is 1. The van der Waals surface area contributed by atoms with Crippen molar-refractivity contribution in [1.29, 1.82) is 0 Å². The molecule has 0 spiro atoms. The highest BCUT2D eigenvalue weighted by atomic mass is 35.5. The zero-order valence-electron chi connectivity index (χ0n) is 16.0. The topological polar surface area (TPSA) is 107 Å². The molecule has 0 aliphatic heterocycles. The number of alkyl halides is 3. The molecular weight excluding hydrogens is 441 g/mol. The van der Waals surface area contributed by atoms with Gasteiger partial charge in [0.05, 0.1) is 6.54 Å². The van der Waals surface area contributed by atoms with Crippen molar-refractivity contribution in [2.24, 2.45) is 14.1 Å². The predicted molar refractivity (Wildman–Crippen MR) is 107 cm³/mol. The molecule has 1 amide bonds. The molecule has 0 radical (unpaired) electrons. The summed E-state index contributed by atoms with van der Waals surface area (Å²) in [5.74, 6) is -2.76. The number of imidazole rings is 1. The van der Waals surface area contributed by atoms with Crippen LogP contribution in [0.2, 0.25) is 5.02 Å². The first kappa shape index (κ1) is 20.7. The fourth-order valence-corrected chi connectivity index (χ4v) is 3.53. The molecule has 0 atom stereocenters. The summed E-state index contributed by atoms with van der Waals surface area (Å²) in [4.78, 5) is 44.0. The summed E-state index contributed by atoms with van der Waals surface area (Å²) in [6.07, 6.45) is -5.14. The number of benzene rings is 1. The van der Waals surface area contributed by atoms with E-state index in [1.165, 1.54) is 14.1 Å². The van der Waals surface area contributed by atoms with Gasteiger partial charge in [0.1, 0.15) is 0 Å². The fraction of sp³-hybridized carbons (Fsp3) is 0.222. The first-order chi connectivity index (χ1) is 14.5. The smallest absolute Gasteiger partial charge is 0.357 e. The second-order valence-electron chi connectivity index (χ2n) is 6.85. The van der Waals surface area contributed by atoms with Gasteiger partial charge in [0.25, 0.3) is 5.56 Å². The normalized spacial score (nSPS) is 12.1. The molecule has 2 N–H and O–H groups in total. The summed E-state index contributed by atoms with van der Waals surface area (Å²) in [6.45, 7) is -0.137. The summed E-state index contributed by atoms with van der Waals surface area (Å²) in [5, 5.41) is 2.81. The van der Waals surface area contributed by atoms with Gasteiger partial charge < -0.3 is 9.55 Å². The lowest BCUT2D eigenvalue weighted by molar-refractivity contribution is -0.167. The number of carbonyl (C=O) groups excluding carboxylic acids is 1. The van der Waals surface area contributed by atoms with Crippen molar-refractivity contribution in [3.05, 3.63) is 55.8 Å². The lowest BCUT2D eigenvalue weighted by Gasteiger charge is -2.08. The number of aryl methyl sites for hydroxylation is 2. The van der Waals surface area contributed by atoms with Crippen LogP contribution in [0.3, 0.4) is 0 Å². The molecule has 162 valence electrons. The van der Waals surface area contributed by atoms with Crippen molar-refractivity contribution >= 4 is 45.5 Å². The zero-order chi connectivity index (χ0) is 22.7. The van der Waals surface area contributed by atoms with Crippen molar-refractivity contribution in [2.45, 2.75) is 12.7 Å². The number of hydrogen-bond donors (Lipinski definition) is 2. The van der Waals surface area contributed by atoms with E-state index in [9.17, 15) is 27.6 Å². The maximum Gasteiger partial charge on any atom is 0.471 e. The molecule has 4 rings (SSSR count). The second-order valence-corrected chi connectivity index (χ2v) is 7.25. The highest BCUT2D eigenvalue weighted by molar-refractivity contribution is 6.35. The molecule has 4 aromatic rings. The van der Waals surface area contributed by atoms with Gasteiger partial charge in [-0.05, 0) is 18.2 Å². The predicted octanol–water partition coefficient (Wildman–Crippen LogP) is 2.12. The molecule has 9 nitrogen and oxygen atoms in total. The molecule has 13 heteroatoms. The van der Waals surface area contributed by atoms with Gasteiger partial charge in [0.15, 0.2) is 11.2 Å². The molecule has 0 aliphatic rings. The highest BCUT2D eigenvalue weighted by Gasteiger charge is 2.39. The summed E-state index contributed by atoms with van der Waals surface area (Å²) < 4.78 is 40.7. The fourth-order valence-electron chi connectivity index (χ4n) is 3.30. The number of hydrogen-bond acceptors (Lipinski definition) is 4. The van der Waals surface area contributed by atoms with Crippen molar-refractivity contribution in [3.63, 3.8) is 0 Å². The third-order valence-corrected chi connectivity index (χ3v) is 5.17. The summed E-state index contributed by atoms with van der Waals surface area (Å²) >= 11 is 6.16. The van der Waals surface area contributed by atoms with Gasteiger partial charge in [0, 0.05) is 35.7 Å². The Morgan fingerprint density at radius 3 is 2.58 bits per heavy atom. The van der Waals surface area contributed by atoms with Gasteiger partial charge in [-0.1, -0.05) is 17.7 Å². The number of halogens is 4. The zero-order valence-corrected chi connectivity index (χ0v) is 16.8. The van der Waals surface area contributed by atoms with Crippen LogP contribution in [-0.2, 0) is 25.4 Å². The Morgan fingerprint density at radius 2 is 1.94 bits per heavy atom. The third kappa shape index (κ3) is 3.38. The van der Waals surface area contributed by atoms with Crippen LogP contribution < -0.4 is 16.6 Å². The molecule has 3 aromatic heterocycles. The molecule has 0 fully saturated rings. The number of anilines is 1. The maximum atomic E-state index is 13.0. The first-order valence-electron chi connectivity index (χ1n) is 8.79. The average molecular weight is 455 g/mol. The van der Waals surface area contributed by atoms with Crippen LogP contribution in [-0.4, -0.2) is 35.8 Å². The summed E-state index contributed by atoms with van der Waals surface area (Å²) in [6, 6.07) is 6.93. The summed E-state index contributed by atoms with van der Waals surface area (Å²) in [5.41, 5.74) is -0.570. The SMILES string of the molecule is Cn1c(NC(=O)C(F)(F)F)nc2c1c(=O)n(Cc1cc3c(Cl)cccc3[nH]1)c(=O)n2C. The molecule has 1 aromatic carbocycles. The number of aromatic nitrogens is 5. The summed E-state index contributed by atoms with van der Waals surface area (Å²) in [7, 11) is 2.59. The van der Waals surface area contributed by atoms with Crippen LogP contribution in [0, 0.1) is 0 Å². The van der Waals surface area contributed by atoms with Crippen molar-refractivity contribution in [3.8, 4) is 0 Å². The number of rotatable bonds is 3. The van der Waals surface area contributed by atoms with E-state index in [1.807, 2.05) is 0 Å². The van der Waals surface area contributed by atoms with E-state index >= 15 is 0 Å². The minimum Gasteiger partial charge on any atom is -0.357 e. The Labute approximate surface area is 175 Å². The van der Waals surface area contributed by atoms with E-state index < -0.39 is 29.3 Å². The third-order valence-electron chi connectivity index (χ3n) is 4.84. The molecule has 0 saturated heterocycles. The number of nitrogens with one attached hydrogen (secondary N) is 2. The van der Waals surface area contributed by atoms with E-state index in [2.05, 4.69) is 9.97 Å². The van der Waals surface area contributed by atoms with Gasteiger partial charge in [-0.3, -0.25) is 24.0 Å². The van der Waals surface area contributed by atoms with E-state index in [0.717, 1.165) is 13.7 Å². The standard InChI is InChI=1S/C18H14ClF3N6O3/c1-26-12-13(24-16(26)25-15(30)18(20,21)22)27(2)17(31)28(14(12)29)7-8-6-9-10(19)4-3-5-11(9)23-8/h3-6,23H,7H2,1-2H3,(H,24,25,30). The quantitative estimate of drug-likeness (QED) is 0.494. The Balaban J connectivity index is 1.84. The van der Waals surface area contributed by atoms with Crippen LogP contribution in [0.15, 0.2) is 33.9 Å². The van der Waals surface area contributed by atoms with Gasteiger partial charge in [-0.25, -0.2) is 4.79 Å². The Kier molecular flexibility index (Phi) is 4.69. The number of H-pyrrole nitrogens is 1. The first-order valence-corrected chi connectivity index (χ1v) is 9.17. The van der Waals surface area contributed by atoms with Gasteiger partial charge in [0.2, 0.25) is 5.95 Å². The lowest BCUT2D eigenvalue weighted by Crippen LogP contribution is -2.39. The number of aromatic amines is 1. The van der Waals surface area contributed by atoms with Crippen LogP contribution in [0.5, 0.6) is 0 Å². The monoisotopic (exact) mass is 454 g/mol. The van der Waals surface area contributed by atoms with Crippen molar-refractivity contribution < 1.29 is 18.0 Å². The average Bonchev–Trinajstić information content (AvgIpc) is 3.25. The maximum absolute atomic E-state index is 13.0. The lowest BCUT2D eigenvalue weighted by atomic mass is 10.2. The van der Waals surface area contributed by atoms with E-state index in [4.69, 9.17) is 11.6 Å². The highest BCUT2D eigenvalue weighted by Crippen LogP contribution is 2.24. The van der Waals surface area contributed by atoms with Crippen molar-refractivity contribution in [2.75, 3.05) is 5.32 Å². The van der Waals surface area contributed by atoms with Gasteiger partial charge in [-0.2, -0.15) is 18.2 Å². The van der Waals surface area contributed by atoms with Crippen LogP contribution in [0.4, 0.5) is 19.1 Å². The Morgan fingerprint density at radius 1 is 1.23 bits per heavy atom. The van der Waals surface area contributed by atoms with Gasteiger partial charge in [-0.15, -0.1) is 0 Å². The minimum atomic E-state index is -5.14. The van der Waals surface area contributed by atoms with Crippen molar-refractivity contribution in [1.82, 2.24) is 23.7 Å². The Hall–Kier alpha value is -3.54. The molecule has 0 saturated carbocycles. The Bertz CT molecular complexity index is 1480. The molecule has 0 unspecified atom stereocenters. The van der Waals surface area contributed by atoms with E-state index in [0.29, 0.717) is 21.6 Å². The number of amides is 1. The van der Waals surface area contributed by atoms with E-state index in [-0.39, 0.29) is 17.7 Å². The largest absolute Gasteiger partial charge is 0.471 e. The molecule has 0 aliphatic carbocycles. The number of fused-ring (bicyclic) bond motifs is 2. The van der Waals surface area contributed by atoms with Crippen LogP contribution in [0.1, 0.15) is 5.69 Å². The minimum absolute atomic E-state index is 0.137. The molecule has 0 bridgehead atoms. The second kappa shape index (κ2) is 7.01. The van der Waals surface area contributed by atoms with Gasteiger partial charge >= 0.3 is 17.8 Å². The molecule has 31 heavy (non-hydrogen) atoms. The molecular formula is C18H14ClF3N6O3. The molecule has 3 heterocycles.